The summed E-state index contributed by atoms with van der Waals surface area (Å²) in [5, 5.41) is 12.8. The highest BCUT2D eigenvalue weighted by molar-refractivity contribution is 5.15. The lowest BCUT2D eigenvalue weighted by atomic mass is 9.95. The first-order valence-corrected chi connectivity index (χ1v) is 6.75. The van der Waals surface area contributed by atoms with Crippen LogP contribution < -0.4 is 11.1 Å². The summed E-state index contributed by atoms with van der Waals surface area (Å²) in [5.74, 6) is 1.04. The molecule has 102 valence electrons. The van der Waals surface area contributed by atoms with Crippen molar-refractivity contribution in [3.8, 4) is 0 Å². The van der Waals surface area contributed by atoms with Gasteiger partial charge in [0.05, 0.1) is 6.61 Å². The van der Waals surface area contributed by atoms with Crippen LogP contribution in [0.15, 0.2) is 30.3 Å². The summed E-state index contributed by atoms with van der Waals surface area (Å²) in [7, 11) is 0. The fraction of sp³-hybridized carbons (Fsp3) is 0.600. The number of nitrogens with two attached hydrogens (primary N) is 1. The first-order valence-electron chi connectivity index (χ1n) is 6.75. The van der Waals surface area contributed by atoms with Crippen LogP contribution in [0.4, 0.5) is 0 Å². The summed E-state index contributed by atoms with van der Waals surface area (Å²) < 4.78 is 0. The highest BCUT2D eigenvalue weighted by atomic mass is 16.3. The zero-order chi connectivity index (χ0) is 13.4. The molecule has 0 aliphatic heterocycles. The van der Waals surface area contributed by atoms with E-state index in [1.165, 1.54) is 5.56 Å². The lowest BCUT2D eigenvalue weighted by Gasteiger charge is -2.23. The molecule has 0 saturated heterocycles. The summed E-state index contributed by atoms with van der Waals surface area (Å²) in [5.41, 5.74) is 7.00. The van der Waals surface area contributed by atoms with Crippen LogP contribution in [0.3, 0.4) is 0 Å². The predicted molar refractivity (Wildman–Crippen MR) is 76.4 cm³/mol. The topological polar surface area (TPSA) is 58.3 Å². The second-order valence-electron chi connectivity index (χ2n) is 5.22. The molecule has 0 bridgehead atoms. The predicted octanol–water partition coefficient (Wildman–Crippen LogP) is 1.41. The van der Waals surface area contributed by atoms with E-state index in [0.29, 0.717) is 18.4 Å². The van der Waals surface area contributed by atoms with Gasteiger partial charge in [-0.15, -0.1) is 0 Å². The Hall–Kier alpha value is -0.900. The van der Waals surface area contributed by atoms with Gasteiger partial charge in [-0.25, -0.2) is 0 Å². The molecule has 2 unspecified atom stereocenters. The molecule has 4 N–H and O–H groups in total. The standard InChI is InChI=1S/C15H26N2O/c1-12(2)14(9-16)10-17-15(11-18)8-13-6-4-3-5-7-13/h3-7,12,14-15,17-18H,8-11,16H2,1-2H3. The molecule has 0 aliphatic rings. The van der Waals surface area contributed by atoms with E-state index in [2.05, 4.69) is 31.3 Å². The summed E-state index contributed by atoms with van der Waals surface area (Å²) in [4.78, 5) is 0. The number of aliphatic hydroxyl groups is 1. The van der Waals surface area contributed by atoms with Crippen LogP contribution in [0.25, 0.3) is 0 Å². The zero-order valence-corrected chi connectivity index (χ0v) is 11.5. The van der Waals surface area contributed by atoms with Gasteiger partial charge in [0.25, 0.3) is 0 Å². The molecule has 18 heavy (non-hydrogen) atoms. The van der Waals surface area contributed by atoms with Crippen molar-refractivity contribution >= 4 is 0 Å². The average Bonchev–Trinajstić information content (AvgIpc) is 2.38. The van der Waals surface area contributed by atoms with Crippen molar-refractivity contribution in [3.63, 3.8) is 0 Å². The van der Waals surface area contributed by atoms with Crippen molar-refractivity contribution in [2.75, 3.05) is 19.7 Å². The molecule has 1 aromatic carbocycles. The van der Waals surface area contributed by atoms with Gasteiger partial charge in [0.2, 0.25) is 0 Å². The number of hydrogen-bond acceptors (Lipinski definition) is 3. The molecule has 3 heteroatoms. The molecule has 0 heterocycles. The van der Waals surface area contributed by atoms with Gasteiger partial charge < -0.3 is 16.2 Å². The van der Waals surface area contributed by atoms with Crippen LogP contribution in [-0.4, -0.2) is 30.8 Å². The van der Waals surface area contributed by atoms with E-state index < -0.39 is 0 Å². The highest BCUT2D eigenvalue weighted by Gasteiger charge is 2.14. The molecule has 3 nitrogen and oxygen atoms in total. The molecule has 0 aliphatic carbocycles. The number of rotatable bonds is 8. The van der Waals surface area contributed by atoms with E-state index in [0.717, 1.165) is 13.0 Å². The Morgan fingerprint density at radius 2 is 1.89 bits per heavy atom. The molecule has 1 rings (SSSR count). The van der Waals surface area contributed by atoms with E-state index in [1.54, 1.807) is 0 Å². The third-order valence-corrected chi connectivity index (χ3v) is 3.46. The fourth-order valence-corrected chi connectivity index (χ4v) is 2.01. The third-order valence-electron chi connectivity index (χ3n) is 3.46. The minimum atomic E-state index is 0.111. The van der Waals surface area contributed by atoms with Crippen LogP contribution in [0.2, 0.25) is 0 Å². The van der Waals surface area contributed by atoms with Gasteiger partial charge in [0, 0.05) is 6.04 Å². The zero-order valence-electron chi connectivity index (χ0n) is 11.5. The van der Waals surface area contributed by atoms with Crippen LogP contribution in [0.5, 0.6) is 0 Å². The van der Waals surface area contributed by atoms with E-state index in [4.69, 9.17) is 5.73 Å². The Morgan fingerprint density at radius 3 is 2.39 bits per heavy atom. The summed E-state index contributed by atoms with van der Waals surface area (Å²) in [6.45, 7) is 6.08. The maximum absolute atomic E-state index is 9.42. The van der Waals surface area contributed by atoms with Gasteiger partial charge in [-0.2, -0.15) is 0 Å². The largest absolute Gasteiger partial charge is 0.395 e. The first-order chi connectivity index (χ1) is 8.67. The first kappa shape index (κ1) is 15.2. The minimum absolute atomic E-state index is 0.111. The molecule has 0 aromatic heterocycles. The second-order valence-corrected chi connectivity index (χ2v) is 5.22. The SMILES string of the molecule is CC(C)C(CN)CNC(CO)Cc1ccccc1. The smallest absolute Gasteiger partial charge is 0.0587 e. The van der Waals surface area contributed by atoms with Crippen molar-refractivity contribution in [3.05, 3.63) is 35.9 Å². The van der Waals surface area contributed by atoms with Crippen LogP contribution >= 0.6 is 0 Å². The Bertz CT molecular complexity index is 314. The number of aliphatic hydroxyl groups excluding tert-OH is 1. The maximum Gasteiger partial charge on any atom is 0.0587 e. The maximum atomic E-state index is 9.42. The normalized spacial score (nSPS) is 14.7. The summed E-state index contributed by atoms with van der Waals surface area (Å²) in [6, 6.07) is 10.4. The Morgan fingerprint density at radius 1 is 1.22 bits per heavy atom. The molecule has 2 atom stereocenters. The molecule has 1 aromatic rings. The van der Waals surface area contributed by atoms with E-state index in [-0.39, 0.29) is 12.6 Å². The summed E-state index contributed by atoms with van der Waals surface area (Å²) >= 11 is 0. The van der Waals surface area contributed by atoms with Crippen LogP contribution in [-0.2, 0) is 6.42 Å². The van der Waals surface area contributed by atoms with E-state index >= 15 is 0 Å². The number of benzene rings is 1. The molecule has 0 radical (unpaired) electrons. The van der Waals surface area contributed by atoms with Crippen LogP contribution in [0.1, 0.15) is 19.4 Å². The minimum Gasteiger partial charge on any atom is -0.395 e. The molecular formula is C15H26N2O. The van der Waals surface area contributed by atoms with Crippen molar-refractivity contribution in [1.29, 1.82) is 0 Å². The molecule has 0 fully saturated rings. The Labute approximate surface area is 110 Å². The quantitative estimate of drug-likeness (QED) is 0.654. The highest BCUT2D eigenvalue weighted by Crippen LogP contribution is 2.09. The third kappa shape index (κ3) is 5.17. The van der Waals surface area contributed by atoms with Crippen molar-refractivity contribution in [1.82, 2.24) is 5.32 Å². The van der Waals surface area contributed by atoms with Gasteiger partial charge >= 0.3 is 0 Å². The van der Waals surface area contributed by atoms with Gasteiger partial charge in [0.1, 0.15) is 0 Å². The molecule has 0 amide bonds. The monoisotopic (exact) mass is 250 g/mol. The number of hydrogen-bond donors (Lipinski definition) is 3. The van der Waals surface area contributed by atoms with Gasteiger partial charge in [0.15, 0.2) is 0 Å². The van der Waals surface area contributed by atoms with Gasteiger partial charge in [-0.05, 0) is 36.9 Å². The molecular weight excluding hydrogens is 224 g/mol. The van der Waals surface area contributed by atoms with Gasteiger partial charge in [-0.1, -0.05) is 44.2 Å². The van der Waals surface area contributed by atoms with E-state index in [9.17, 15) is 5.11 Å². The van der Waals surface area contributed by atoms with Crippen molar-refractivity contribution < 1.29 is 5.11 Å². The van der Waals surface area contributed by atoms with E-state index in [1.807, 2.05) is 18.2 Å². The molecule has 0 saturated carbocycles. The Kier molecular flexibility index (Phi) is 6.94. The molecule has 0 spiro atoms. The fourth-order valence-electron chi connectivity index (χ4n) is 2.01. The lowest BCUT2D eigenvalue weighted by molar-refractivity contribution is 0.230. The van der Waals surface area contributed by atoms with Gasteiger partial charge in [-0.3, -0.25) is 0 Å². The second kappa shape index (κ2) is 8.25. The summed E-state index contributed by atoms with van der Waals surface area (Å²) in [6.07, 6.45) is 0.854. The Balaban J connectivity index is 2.42. The number of nitrogens with one attached hydrogen (secondary N) is 1. The van der Waals surface area contributed by atoms with Crippen LogP contribution in [0, 0.1) is 11.8 Å². The lowest BCUT2D eigenvalue weighted by Crippen LogP contribution is -2.40. The van der Waals surface area contributed by atoms with Crippen molar-refractivity contribution in [2.45, 2.75) is 26.3 Å². The average molecular weight is 250 g/mol. The van der Waals surface area contributed by atoms with Crippen molar-refractivity contribution in [2.24, 2.45) is 17.6 Å².